The maximum atomic E-state index is 13.0. The summed E-state index contributed by atoms with van der Waals surface area (Å²) in [5.41, 5.74) is 1.50. The number of fused-ring (bicyclic) bond motifs is 1. The molecule has 0 aliphatic heterocycles. The molecule has 2 aromatic heterocycles. The van der Waals surface area contributed by atoms with Gasteiger partial charge >= 0.3 is 0 Å². The predicted molar refractivity (Wildman–Crippen MR) is 140 cm³/mol. The zero-order valence-corrected chi connectivity index (χ0v) is 21.3. The van der Waals surface area contributed by atoms with Crippen molar-refractivity contribution in [1.82, 2.24) is 14.6 Å². The Morgan fingerprint density at radius 2 is 1.71 bits per heavy atom. The Balaban J connectivity index is 1.52. The standard InChI is InChI=1S/C27H31N3O4S/c1-4-6-8-16-33-21-12-10-20(11-13-21)25-28-27-30(29-25)26(31)24(35-27)18-19-9-14-22(23(17-19)32-3)34-15-7-5-2/h9-14,17-18H,4-8,15-16H2,1-3H3. The molecule has 4 aromatic rings. The van der Waals surface area contributed by atoms with Crippen LogP contribution in [0.5, 0.6) is 17.2 Å². The highest BCUT2D eigenvalue weighted by Crippen LogP contribution is 2.28. The van der Waals surface area contributed by atoms with Crippen molar-refractivity contribution in [3.8, 4) is 28.6 Å². The number of aromatic nitrogens is 3. The number of unbranched alkanes of at least 4 members (excludes halogenated alkanes) is 3. The summed E-state index contributed by atoms with van der Waals surface area (Å²) in [7, 11) is 1.61. The first-order valence-corrected chi connectivity index (χ1v) is 12.9. The van der Waals surface area contributed by atoms with Crippen LogP contribution in [0, 0.1) is 0 Å². The Morgan fingerprint density at radius 1 is 0.943 bits per heavy atom. The van der Waals surface area contributed by atoms with Crippen LogP contribution < -0.4 is 24.3 Å². The van der Waals surface area contributed by atoms with Gasteiger partial charge in [0.2, 0.25) is 4.96 Å². The smallest absolute Gasteiger partial charge is 0.291 e. The topological polar surface area (TPSA) is 75.0 Å². The van der Waals surface area contributed by atoms with Gasteiger partial charge in [0.15, 0.2) is 17.3 Å². The van der Waals surface area contributed by atoms with Crippen molar-refractivity contribution >= 4 is 22.4 Å². The molecular formula is C27H31N3O4S. The van der Waals surface area contributed by atoms with Gasteiger partial charge in [0.05, 0.1) is 24.9 Å². The number of nitrogens with zero attached hydrogens (tertiary/aromatic N) is 3. The first-order chi connectivity index (χ1) is 17.1. The molecule has 0 saturated heterocycles. The molecule has 0 aliphatic carbocycles. The van der Waals surface area contributed by atoms with Crippen molar-refractivity contribution in [1.29, 1.82) is 0 Å². The molecule has 0 bridgehead atoms. The summed E-state index contributed by atoms with van der Waals surface area (Å²) < 4.78 is 19.0. The second-order valence-corrected chi connectivity index (χ2v) is 9.25. The second-order valence-electron chi connectivity index (χ2n) is 8.24. The molecule has 0 amide bonds. The van der Waals surface area contributed by atoms with Gasteiger partial charge in [0, 0.05) is 5.56 Å². The van der Waals surface area contributed by atoms with Gasteiger partial charge < -0.3 is 14.2 Å². The largest absolute Gasteiger partial charge is 0.494 e. The molecule has 35 heavy (non-hydrogen) atoms. The summed E-state index contributed by atoms with van der Waals surface area (Å²) in [6, 6.07) is 13.3. The highest BCUT2D eigenvalue weighted by molar-refractivity contribution is 7.15. The molecule has 0 fully saturated rings. The molecule has 184 valence electrons. The average Bonchev–Trinajstić information content (AvgIpc) is 3.42. The number of thiazole rings is 1. The molecule has 0 spiro atoms. The molecule has 2 heterocycles. The van der Waals surface area contributed by atoms with Crippen LogP contribution in [0.2, 0.25) is 0 Å². The third-order valence-corrected chi connectivity index (χ3v) is 6.51. The molecule has 0 unspecified atom stereocenters. The van der Waals surface area contributed by atoms with Gasteiger partial charge in [-0.05, 0) is 60.9 Å². The molecule has 7 nitrogen and oxygen atoms in total. The van der Waals surface area contributed by atoms with Gasteiger partial charge in [-0.25, -0.2) is 0 Å². The summed E-state index contributed by atoms with van der Waals surface area (Å²) in [6.45, 7) is 5.65. The molecule has 0 atom stereocenters. The van der Waals surface area contributed by atoms with E-state index in [1.807, 2.05) is 48.5 Å². The highest BCUT2D eigenvalue weighted by Gasteiger charge is 2.13. The van der Waals surface area contributed by atoms with Gasteiger partial charge in [-0.15, -0.1) is 5.10 Å². The van der Waals surface area contributed by atoms with Crippen LogP contribution in [-0.4, -0.2) is 34.9 Å². The molecule has 4 rings (SSSR count). The fourth-order valence-electron chi connectivity index (χ4n) is 3.57. The van der Waals surface area contributed by atoms with E-state index in [1.165, 1.54) is 22.3 Å². The third-order valence-electron chi connectivity index (χ3n) is 5.55. The summed E-state index contributed by atoms with van der Waals surface area (Å²) in [5, 5.41) is 4.45. The molecular weight excluding hydrogens is 462 g/mol. The fourth-order valence-corrected chi connectivity index (χ4v) is 4.48. The summed E-state index contributed by atoms with van der Waals surface area (Å²) in [6.07, 6.45) is 7.25. The minimum atomic E-state index is -0.193. The summed E-state index contributed by atoms with van der Waals surface area (Å²) in [5.74, 6) is 2.68. The number of ether oxygens (including phenoxy) is 3. The van der Waals surface area contributed by atoms with E-state index in [-0.39, 0.29) is 5.56 Å². The second kappa shape index (κ2) is 11.8. The van der Waals surface area contributed by atoms with Crippen molar-refractivity contribution in [3.63, 3.8) is 0 Å². The zero-order valence-electron chi connectivity index (χ0n) is 20.5. The van der Waals surface area contributed by atoms with Crippen LogP contribution in [0.25, 0.3) is 22.4 Å². The van der Waals surface area contributed by atoms with Crippen LogP contribution >= 0.6 is 11.3 Å². The van der Waals surface area contributed by atoms with E-state index in [0.717, 1.165) is 42.6 Å². The molecule has 2 aromatic carbocycles. The Labute approximate surface area is 209 Å². The quantitative estimate of drug-likeness (QED) is 0.255. The number of hydrogen-bond acceptors (Lipinski definition) is 7. The van der Waals surface area contributed by atoms with Crippen LogP contribution in [0.15, 0.2) is 47.3 Å². The Bertz CT molecular complexity index is 1360. The summed E-state index contributed by atoms with van der Waals surface area (Å²) in [4.78, 5) is 18.1. The van der Waals surface area contributed by atoms with E-state index in [9.17, 15) is 4.79 Å². The van der Waals surface area contributed by atoms with E-state index in [2.05, 4.69) is 23.9 Å². The maximum absolute atomic E-state index is 13.0. The fraction of sp³-hybridized carbons (Fsp3) is 0.370. The van der Waals surface area contributed by atoms with Crippen LogP contribution in [-0.2, 0) is 0 Å². The van der Waals surface area contributed by atoms with Gasteiger partial charge in [-0.1, -0.05) is 50.5 Å². The number of methoxy groups -OCH3 is 1. The first-order valence-electron chi connectivity index (χ1n) is 12.1. The van der Waals surface area contributed by atoms with Crippen molar-refractivity contribution in [2.45, 2.75) is 46.0 Å². The van der Waals surface area contributed by atoms with Gasteiger partial charge in [0.25, 0.3) is 5.56 Å². The van der Waals surface area contributed by atoms with Gasteiger partial charge in [-0.3, -0.25) is 4.79 Å². The molecule has 8 heteroatoms. The van der Waals surface area contributed by atoms with Crippen molar-refractivity contribution in [3.05, 3.63) is 62.9 Å². The molecule has 0 aliphatic rings. The minimum Gasteiger partial charge on any atom is -0.494 e. The average molecular weight is 494 g/mol. The van der Waals surface area contributed by atoms with E-state index in [4.69, 9.17) is 14.2 Å². The van der Waals surface area contributed by atoms with Crippen molar-refractivity contribution < 1.29 is 14.2 Å². The maximum Gasteiger partial charge on any atom is 0.291 e. The van der Waals surface area contributed by atoms with E-state index in [0.29, 0.717) is 40.0 Å². The number of benzene rings is 2. The SMILES string of the molecule is CCCCCOc1ccc(-c2nc3sc(=Cc4ccc(OCCCC)c(OC)c4)c(=O)n3n2)cc1. The molecule has 0 radical (unpaired) electrons. The third kappa shape index (κ3) is 6.00. The van der Waals surface area contributed by atoms with Crippen molar-refractivity contribution in [2.24, 2.45) is 0 Å². The Hall–Kier alpha value is -3.39. The predicted octanol–water partition coefficient (Wildman–Crippen LogP) is 5.12. The normalized spacial score (nSPS) is 11.8. The molecule has 0 saturated carbocycles. The molecule has 0 N–H and O–H groups in total. The van der Waals surface area contributed by atoms with Crippen LogP contribution in [0.4, 0.5) is 0 Å². The Kier molecular flexibility index (Phi) is 8.36. The minimum absolute atomic E-state index is 0.193. The van der Waals surface area contributed by atoms with Gasteiger partial charge in [0.1, 0.15) is 5.75 Å². The lowest BCUT2D eigenvalue weighted by Crippen LogP contribution is -2.23. The number of rotatable bonds is 12. The van der Waals surface area contributed by atoms with Crippen LogP contribution in [0.3, 0.4) is 0 Å². The number of hydrogen-bond donors (Lipinski definition) is 0. The van der Waals surface area contributed by atoms with E-state index >= 15 is 0 Å². The monoisotopic (exact) mass is 493 g/mol. The first kappa shape index (κ1) is 24.7. The zero-order chi connectivity index (χ0) is 24.6. The lowest BCUT2D eigenvalue weighted by molar-refractivity contribution is 0.288. The van der Waals surface area contributed by atoms with E-state index in [1.54, 1.807) is 7.11 Å². The highest BCUT2D eigenvalue weighted by atomic mass is 32.1. The summed E-state index contributed by atoms with van der Waals surface area (Å²) >= 11 is 1.31. The lowest BCUT2D eigenvalue weighted by atomic mass is 10.2. The van der Waals surface area contributed by atoms with E-state index < -0.39 is 0 Å². The lowest BCUT2D eigenvalue weighted by Gasteiger charge is -2.10. The van der Waals surface area contributed by atoms with Gasteiger partial charge in [-0.2, -0.15) is 9.50 Å². The van der Waals surface area contributed by atoms with Crippen LogP contribution in [0.1, 0.15) is 51.5 Å². The van der Waals surface area contributed by atoms with Crippen molar-refractivity contribution in [2.75, 3.05) is 20.3 Å². The Morgan fingerprint density at radius 3 is 2.43 bits per heavy atom.